The van der Waals surface area contributed by atoms with Crippen LogP contribution in [0.25, 0.3) is 5.82 Å². The average Bonchev–Trinajstić information content (AvgIpc) is 3.24. The van der Waals surface area contributed by atoms with E-state index in [9.17, 15) is 4.79 Å². The quantitative estimate of drug-likeness (QED) is 0.750. The zero-order valence-electron chi connectivity index (χ0n) is 10.9. The van der Waals surface area contributed by atoms with Crippen LogP contribution in [0, 0.1) is 0 Å². The summed E-state index contributed by atoms with van der Waals surface area (Å²) in [5, 5.41) is 19.7. The Hall–Kier alpha value is -2.55. The molecule has 21 heavy (non-hydrogen) atoms. The van der Waals surface area contributed by atoms with Gasteiger partial charge in [-0.1, -0.05) is 0 Å². The van der Waals surface area contributed by atoms with Gasteiger partial charge in [0.2, 0.25) is 0 Å². The molecule has 0 aliphatic carbocycles. The lowest BCUT2D eigenvalue weighted by molar-refractivity contribution is 0.0730. The molecule has 4 rings (SSSR count). The Morgan fingerprint density at radius 2 is 2.38 bits per heavy atom. The highest BCUT2D eigenvalue weighted by Gasteiger charge is 2.24. The van der Waals surface area contributed by atoms with E-state index in [0.717, 1.165) is 13.0 Å². The second-order valence-corrected chi connectivity index (χ2v) is 5.74. The molecule has 4 heterocycles. The van der Waals surface area contributed by atoms with Gasteiger partial charge in [-0.15, -0.1) is 16.4 Å². The Balaban J connectivity index is 1.56. The minimum atomic E-state index is -0.0568. The minimum absolute atomic E-state index is 0.0568. The monoisotopic (exact) mass is 301 g/mol. The van der Waals surface area contributed by atoms with Crippen LogP contribution in [0.2, 0.25) is 0 Å². The summed E-state index contributed by atoms with van der Waals surface area (Å²) in [4.78, 5) is 15.7. The van der Waals surface area contributed by atoms with Crippen molar-refractivity contribution in [3.05, 3.63) is 40.0 Å². The molecule has 0 spiro atoms. The highest BCUT2D eigenvalue weighted by molar-refractivity contribution is 7.10. The number of carbonyl (C=O) groups is 1. The summed E-state index contributed by atoms with van der Waals surface area (Å²) in [6.07, 6.45) is 2.34. The van der Waals surface area contributed by atoms with Crippen LogP contribution in [-0.4, -0.2) is 47.8 Å². The number of aromatic nitrogens is 6. The molecule has 3 aromatic heterocycles. The lowest BCUT2D eigenvalue weighted by Crippen LogP contribution is -2.35. The number of carbonyl (C=O) groups excluding carboxylic acids is 1. The first-order valence-corrected chi connectivity index (χ1v) is 7.32. The Bertz CT molecular complexity index is 775. The minimum Gasteiger partial charge on any atom is -0.333 e. The van der Waals surface area contributed by atoms with Gasteiger partial charge in [-0.25, -0.2) is 0 Å². The largest absolute Gasteiger partial charge is 0.333 e. The van der Waals surface area contributed by atoms with Gasteiger partial charge in [0.25, 0.3) is 5.91 Å². The second kappa shape index (κ2) is 4.77. The maximum atomic E-state index is 12.5. The Kier molecular flexibility index (Phi) is 2.78. The summed E-state index contributed by atoms with van der Waals surface area (Å²) in [6, 6.07) is 3.74. The summed E-state index contributed by atoms with van der Waals surface area (Å²) in [6.45, 7) is 1.38. The third kappa shape index (κ3) is 2.11. The predicted octanol–water partition coefficient (Wildman–Crippen LogP) is 0.645. The van der Waals surface area contributed by atoms with Crippen LogP contribution < -0.4 is 0 Å². The lowest BCUT2D eigenvalue weighted by atomic mass is 10.1. The maximum Gasteiger partial charge on any atom is 0.272 e. The summed E-state index contributed by atoms with van der Waals surface area (Å²) in [5.41, 5.74) is 1.68. The molecular weight excluding hydrogens is 290 g/mol. The number of tetrazole rings is 1. The summed E-state index contributed by atoms with van der Waals surface area (Å²) in [5.74, 6) is 0.440. The normalized spacial score (nSPS) is 14.2. The molecule has 1 aliphatic heterocycles. The Labute approximate surface area is 123 Å². The van der Waals surface area contributed by atoms with Crippen molar-refractivity contribution in [3.63, 3.8) is 0 Å². The molecule has 9 heteroatoms. The van der Waals surface area contributed by atoms with Crippen molar-refractivity contribution in [2.24, 2.45) is 0 Å². The highest BCUT2D eigenvalue weighted by atomic mass is 32.1. The van der Waals surface area contributed by atoms with Gasteiger partial charge in [0.1, 0.15) is 12.0 Å². The van der Waals surface area contributed by atoms with E-state index >= 15 is 0 Å². The molecule has 1 amide bonds. The van der Waals surface area contributed by atoms with Crippen LogP contribution in [-0.2, 0) is 13.0 Å². The number of amides is 1. The van der Waals surface area contributed by atoms with E-state index in [0.29, 0.717) is 18.1 Å². The van der Waals surface area contributed by atoms with Crippen LogP contribution in [0.3, 0.4) is 0 Å². The third-order valence-electron chi connectivity index (χ3n) is 3.47. The molecule has 0 aromatic carbocycles. The predicted molar refractivity (Wildman–Crippen MR) is 74.1 cm³/mol. The molecule has 0 saturated carbocycles. The van der Waals surface area contributed by atoms with Gasteiger partial charge >= 0.3 is 0 Å². The number of rotatable bonds is 2. The van der Waals surface area contributed by atoms with Crippen molar-refractivity contribution in [2.45, 2.75) is 13.0 Å². The first-order chi connectivity index (χ1) is 10.3. The molecule has 3 aromatic rings. The highest BCUT2D eigenvalue weighted by Crippen LogP contribution is 2.24. The van der Waals surface area contributed by atoms with E-state index < -0.39 is 0 Å². The van der Waals surface area contributed by atoms with E-state index in [1.54, 1.807) is 17.4 Å². The molecule has 106 valence electrons. The van der Waals surface area contributed by atoms with Crippen molar-refractivity contribution in [3.8, 4) is 5.82 Å². The smallest absolute Gasteiger partial charge is 0.272 e. The van der Waals surface area contributed by atoms with E-state index in [2.05, 4.69) is 37.2 Å². The molecule has 1 N–H and O–H groups in total. The summed E-state index contributed by atoms with van der Waals surface area (Å²) in [7, 11) is 0. The number of thiophene rings is 1. The van der Waals surface area contributed by atoms with Crippen molar-refractivity contribution in [1.82, 2.24) is 35.3 Å². The van der Waals surface area contributed by atoms with E-state index in [1.807, 2.05) is 4.90 Å². The topological polar surface area (TPSA) is 92.6 Å². The molecule has 8 nitrogen and oxygen atoms in total. The third-order valence-corrected chi connectivity index (χ3v) is 4.50. The Morgan fingerprint density at radius 3 is 3.24 bits per heavy atom. The van der Waals surface area contributed by atoms with Gasteiger partial charge in [-0.05, 0) is 33.9 Å². The first-order valence-electron chi connectivity index (χ1n) is 6.44. The zero-order chi connectivity index (χ0) is 14.2. The number of aromatic amines is 1. The molecule has 0 saturated heterocycles. The number of fused-ring (bicyclic) bond motifs is 1. The van der Waals surface area contributed by atoms with Gasteiger partial charge in [-0.2, -0.15) is 9.78 Å². The van der Waals surface area contributed by atoms with Gasteiger partial charge < -0.3 is 4.90 Å². The number of hydrogen-bond acceptors (Lipinski definition) is 6. The van der Waals surface area contributed by atoms with Crippen molar-refractivity contribution < 1.29 is 4.79 Å². The summed E-state index contributed by atoms with van der Waals surface area (Å²) < 4.78 is 1.40. The van der Waals surface area contributed by atoms with Gasteiger partial charge in [-0.3, -0.25) is 9.89 Å². The lowest BCUT2D eigenvalue weighted by Gasteiger charge is -2.26. The van der Waals surface area contributed by atoms with Crippen molar-refractivity contribution >= 4 is 17.2 Å². The number of nitrogens with one attached hydrogen (secondary N) is 1. The molecule has 1 aliphatic rings. The second-order valence-electron chi connectivity index (χ2n) is 4.74. The molecule has 0 radical (unpaired) electrons. The summed E-state index contributed by atoms with van der Waals surface area (Å²) >= 11 is 1.75. The molecule has 0 unspecified atom stereocenters. The zero-order valence-corrected chi connectivity index (χ0v) is 11.7. The van der Waals surface area contributed by atoms with Crippen molar-refractivity contribution in [1.29, 1.82) is 0 Å². The average molecular weight is 301 g/mol. The number of hydrogen-bond donors (Lipinski definition) is 1. The first kappa shape index (κ1) is 12.2. The maximum absolute atomic E-state index is 12.5. The molecule has 0 fully saturated rings. The fraction of sp³-hybridized carbons (Fsp3) is 0.250. The standard InChI is InChI=1S/C12H11N7OS/c20-12(18-3-1-10-8(6-18)2-4-21-10)9-5-11(15-14-9)19-7-13-16-17-19/h2,4-5,7H,1,3,6H2,(H,14,15). The van der Waals surface area contributed by atoms with Crippen LogP contribution >= 0.6 is 11.3 Å². The van der Waals surface area contributed by atoms with E-state index in [1.165, 1.54) is 21.4 Å². The molecule has 0 atom stereocenters. The fourth-order valence-electron chi connectivity index (χ4n) is 2.40. The van der Waals surface area contributed by atoms with Crippen LogP contribution in [0.1, 0.15) is 20.9 Å². The number of nitrogens with zero attached hydrogens (tertiary/aromatic N) is 6. The van der Waals surface area contributed by atoms with Gasteiger partial charge in [0, 0.05) is 24.0 Å². The SMILES string of the molecule is O=C(c1cc(-n2cnnn2)n[nH]1)N1CCc2sccc2C1. The number of H-pyrrole nitrogens is 1. The fourth-order valence-corrected chi connectivity index (χ4v) is 3.29. The Morgan fingerprint density at radius 1 is 1.43 bits per heavy atom. The van der Waals surface area contributed by atoms with Crippen LogP contribution in [0.15, 0.2) is 23.8 Å². The molecular formula is C12H11N7OS. The molecule has 0 bridgehead atoms. The van der Waals surface area contributed by atoms with Gasteiger partial charge in [0.15, 0.2) is 5.82 Å². The van der Waals surface area contributed by atoms with Gasteiger partial charge in [0.05, 0.1) is 0 Å². The van der Waals surface area contributed by atoms with E-state index in [-0.39, 0.29) is 5.91 Å². The van der Waals surface area contributed by atoms with Crippen LogP contribution in [0.5, 0.6) is 0 Å². The van der Waals surface area contributed by atoms with Crippen molar-refractivity contribution in [2.75, 3.05) is 6.54 Å². The van der Waals surface area contributed by atoms with Crippen LogP contribution in [0.4, 0.5) is 0 Å². The van der Waals surface area contributed by atoms with E-state index in [4.69, 9.17) is 0 Å².